The van der Waals surface area contributed by atoms with E-state index < -0.39 is 5.82 Å². The van der Waals surface area contributed by atoms with Crippen LogP contribution in [-0.2, 0) is 0 Å². The first-order chi connectivity index (χ1) is 6.57. The molecule has 0 heterocycles. The molecule has 0 amide bonds. The molecule has 0 aliphatic heterocycles. The largest absolute Gasteiger partial charge is 0.506 e. The Morgan fingerprint density at radius 1 is 1.53 bits per heavy atom. The van der Waals surface area contributed by atoms with Crippen molar-refractivity contribution >= 4 is 28.3 Å². The number of halogens is 3. The molecule has 0 bridgehead atoms. The molecule has 5 heteroatoms. The molecule has 2 nitrogen and oxygen atoms in total. The smallest absolute Gasteiger partial charge is 0.141 e. The van der Waals surface area contributed by atoms with Gasteiger partial charge in [-0.15, -0.1) is 12.4 Å². The average molecular weight is 299 g/mol. The Balaban J connectivity index is 0.00000196. The summed E-state index contributed by atoms with van der Waals surface area (Å²) in [6, 6.07) is 2.58. The topological polar surface area (TPSA) is 46.2 Å². The Kier molecular flexibility index (Phi) is 6.17. The Labute approximate surface area is 103 Å². The standard InChI is InChI=1S/C10H13BrFNO.ClH/c1-2-3-8(13)6-4-5-7(12)9(11)10(6)14;/h4-5,8,14H,2-3,13H2,1H3;1H/t8-;/m1./s1. The van der Waals surface area contributed by atoms with Crippen LogP contribution in [0.15, 0.2) is 16.6 Å². The quantitative estimate of drug-likeness (QED) is 0.897. The Morgan fingerprint density at radius 3 is 2.67 bits per heavy atom. The number of phenolic OH excluding ortho intramolecular Hbond substituents is 1. The van der Waals surface area contributed by atoms with Crippen LogP contribution < -0.4 is 5.73 Å². The zero-order chi connectivity index (χ0) is 10.7. The van der Waals surface area contributed by atoms with Gasteiger partial charge in [0.1, 0.15) is 11.6 Å². The summed E-state index contributed by atoms with van der Waals surface area (Å²) in [5, 5.41) is 9.61. The SMILES string of the molecule is CCC[C@@H](N)c1ccc(F)c(Br)c1O.Cl. The predicted molar refractivity (Wildman–Crippen MR) is 64.8 cm³/mol. The number of benzene rings is 1. The molecule has 0 fully saturated rings. The molecule has 0 saturated heterocycles. The summed E-state index contributed by atoms with van der Waals surface area (Å²) in [5.41, 5.74) is 6.41. The van der Waals surface area contributed by atoms with Gasteiger partial charge < -0.3 is 10.8 Å². The predicted octanol–water partition coefficient (Wildman–Crippen LogP) is 3.52. The van der Waals surface area contributed by atoms with Crippen molar-refractivity contribution in [3.8, 4) is 5.75 Å². The van der Waals surface area contributed by atoms with Gasteiger partial charge in [0.15, 0.2) is 0 Å². The molecule has 1 rings (SSSR count). The molecule has 0 aliphatic carbocycles. The van der Waals surface area contributed by atoms with Crippen LogP contribution in [0.5, 0.6) is 5.75 Å². The molecule has 0 radical (unpaired) electrons. The summed E-state index contributed by atoms with van der Waals surface area (Å²) in [6.07, 6.45) is 1.70. The van der Waals surface area contributed by atoms with Crippen LogP contribution >= 0.6 is 28.3 Å². The second-order valence-corrected chi connectivity index (χ2v) is 3.99. The number of hydrogen-bond donors (Lipinski definition) is 2. The number of nitrogens with two attached hydrogens (primary N) is 1. The number of hydrogen-bond acceptors (Lipinski definition) is 2. The third-order valence-electron chi connectivity index (χ3n) is 2.10. The first kappa shape index (κ1) is 14.7. The lowest BCUT2D eigenvalue weighted by Gasteiger charge is -2.13. The van der Waals surface area contributed by atoms with E-state index >= 15 is 0 Å². The number of aromatic hydroxyl groups is 1. The highest BCUT2D eigenvalue weighted by atomic mass is 79.9. The van der Waals surface area contributed by atoms with Gasteiger partial charge in [-0.2, -0.15) is 0 Å². The van der Waals surface area contributed by atoms with Crippen molar-refractivity contribution in [2.24, 2.45) is 5.73 Å². The fraction of sp³-hybridized carbons (Fsp3) is 0.400. The Bertz CT molecular complexity index is 335. The van der Waals surface area contributed by atoms with E-state index in [0.29, 0.717) is 5.56 Å². The summed E-state index contributed by atoms with van der Waals surface area (Å²) in [7, 11) is 0. The van der Waals surface area contributed by atoms with Crippen LogP contribution in [0.2, 0.25) is 0 Å². The van der Waals surface area contributed by atoms with Crippen molar-refractivity contribution in [3.05, 3.63) is 28.0 Å². The minimum Gasteiger partial charge on any atom is -0.506 e. The summed E-state index contributed by atoms with van der Waals surface area (Å²) >= 11 is 2.97. The van der Waals surface area contributed by atoms with Crippen LogP contribution in [-0.4, -0.2) is 5.11 Å². The first-order valence-corrected chi connectivity index (χ1v) is 5.29. The Hall–Kier alpha value is -0.320. The van der Waals surface area contributed by atoms with Gasteiger partial charge in [0.05, 0.1) is 4.47 Å². The van der Waals surface area contributed by atoms with Crippen LogP contribution in [0, 0.1) is 5.82 Å². The highest BCUT2D eigenvalue weighted by molar-refractivity contribution is 9.10. The van der Waals surface area contributed by atoms with Gasteiger partial charge in [0.25, 0.3) is 0 Å². The van der Waals surface area contributed by atoms with Crippen molar-refractivity contribution in [1.29, 1.82) is 0 Å². The third kappa shape index (κ3) is 3.33. The molecule has 86 valence electrons. The van der Waals surface area contributed by atoms with E-state index in [9.17, 15) is 9.50 Å². The van der Waals surface area contributed by atoms with Crippen LogP contribution in [0.25, 0.3) is 0 Å². The number of phenols is 1. The van der Waals surface area contributed by atoms with Crippen molar-refractivity contribution in [2.45, 2.75) is 25.8 Å². The van der Waals surface area contributed by atoms with Crippen LogP contribution in [0.4, 0.5) is 4.39 Å². The van der Waals surface area contributed by atoms with Crippen LogP contribution in [0.3, 0.4) is 0 Å². The summed E-state index contributed by atoms with van der Waals surface area (Å²) in [6.45, 7) is 2.01. The first-order valence-electron chi connectivity index (χ1n) is 4.50. The molecule has 15 heavy (non-hydrogen) atoms. The van der Waals surface area contributed by atoms with E-state index in [-0.39, 0.29) is 28.7 Å². The zero-order valence-corrected chi connectivity index (χ0v) is 10.7. The second-order valence-electron chi connectivity index (χ2n) is 3.19. The lowest BCUT2D eigenvalue weighted by Crippen LogP contribution is -2.10. The van der Waals surface area contributed by atoms with Crippen molar-refractivity contribution in [3.63, 3.8) is 0 Å². The zero-order valence-electron chi connectivity index (χ0n) is 8.34. The lowest BCUT2D eigenvalue weighted by molar-refractivity contribution is 0.447. The molecule has 1 atom stereocenters. The summed E-state index contributed by atoms with van der Waals surface area (Å²) in [5.74, 6) is -0.569. The van der Waals surface area contributed by atoms with Gasteiger partial charge >= 0.3 is 0 Å². The molecule has 0 spiro atoms. The van der Waals surface area contributed by atoms with Crippen LogP contribution in [0.1, 0.15) is 31.4 Å². The van der Waals surface area contributed by atoms with Gasteiger partial charge in [-0.1, -0.05) is 19.4 Å². The van der Waals surface area contributed by atoms with E-state index in [2.05, 4.69) is 15.9 Å². The van der Waals surface area contributed by atoms with E-state index in [1.807, 2.05) is 6.92 Å². The second kappa shape index (κ2) is 6.30. The molecule has 0 unspecified atom stereocenters. The van der Waals surface area contributed by atoms with Gasteiger partial charge in [0, 0.05) is 11.6 Å². The minimum absolute atomic E-state index is 0. The fourth-order valence-electron chi connectivity index (χ4n) is 1.32. The molecule has 3 N–H and O–H groups in total. The van der Waals surface area contributed by atoms with Gasteiger partial charge in [-0.05, 0) is 28.4 Å². The van der Waals surface area contributed by atoms with Gasteiger partial charge in [-0.3, -0.25) is 0 Å². The van der Waals surface area contributed by atoms with Crippen molar-refractivity contribution in [1.82, 2.24) is 0 Å². The average Bonchev–Trinajstić information content (AvgIpc) is 2.15. The van der Waals surface area contributed by atoms with Crippen molar-refractivity contribution < 1.29 is 9.50 Å². The Morgan fingerprint density at radius 2 is 2.13 bits per heavy atom. The summed E-state index contributed by atoms with van der Waals surface area (Å²) in [4.78, 5) is 0. The molecule has 0 saturated carbocycles. The maximum atomic E-state index is 13.0. The molecular weight excluding hydrogens is 284 g/mol. The normalized spacial score (nSPS) is 12.0. The van der Waals surface area contributed by atoms with Crippen molar-refractivity contribution in [2.75, 3.05) is 0 Å². The molecule has 1 aromatic rings. The lowest BCUT2D eigenvalue weighted by atomic mass is 10.0. The molecular formula is C10H14BrClFNO. The number of rotatable bonds is 3. The fourth-order valence-corrected chi connectivity index (χ4v) is 1.68. The minimum atomic E-state index is -0.477. The maximum absolute atomic E-state index is 13.0. The van der Waals surface area contributed by atoms with E-state index in [0.717, 1.165) is 12.8 Å². The monoisotopic (exact) mass is 297 g/mol. The maximum Gasteiger partial charge on any atom is 0.141 e. The molecule has 1 aromatic carbocycles. The summed E-state index contributed by atoms with van der Waals surface area (Å²) < 4.78 is 13.0. The highest BCUT2D eigenvalue weighted by Crippen LogP contribution is 2.34. The highest BCUT2D eigenvalue weighted by Gasteiger charge is 2.14. The van der Waals surface area contributed by atoms with E-state index in [1.165, 1.54) is 12.1 Å². The van der Waals surface area contributed by atoms with E-state index in [1.54, 1.807) is 0 Å². The molecule has 0 aliphatic rings. The van der Waals surface area contributed by atoms with E-state index in [4.69, 9.17) is 5.73 Å². The third-order valence-corrected chi connectivity index (χ3v) is 2.85. The molecule has 0 aromatic heterocycles. The van der Waals surface area contributed by atoms with Gasteiger partial charge in [-0.25, -0.2) is 4.39 Å². The van der Waals surface area contributed by atoms with Gasteiger partial charge in [0.2, 0.25) is 0 Å².